The van der Waals surface area contributed by atoms with Gasteiger partial charge < -0.3 is 22.1 Å². The maximum atomic E-state index is 10.5. The molecule has 0 aliphatic heterocycles. The molecule has 2 rings (SSSR count). The van der Waals surface area contributed by atoms with Crippen LogP contribution in [0.3, 0.4) is 0 Å². The summed E-state index contributed by atoms with van der Waals surface area (Å²) >= 11 is 0. The van der Waals surface area contributed by atoms with Crippen molar-refractivity contribution in [2.45, 2.75) is 0 Å². The molecule has 6 nitrogen and oxygen atoms in total. The number of rotatable bonds is 4. The van der Waals surface area contributed by atoms with Gasteiger partial charge in [-0.2, -0.15) is 0 Å². The third-order valence-corrected chi connectivity index (χ3v) is 2.51. The smallest absolute Gasteiger partial charge is 0.312 e. The van der Waals surface area contributed by atoms with E-state index in [2.05, 4.69) is 15.6 Å². The van der Waals surface area contributed by atoms with Crippen LogP contribution >= 0.6 is 0 Å². The molecule has 0 aliphatic carbocycles. The van der Waals surface area contributed by atoms with Gasteiger partial charge in [0.1, 0.15) is 0 Å². The molecule has 1 aromatic heterocycles. The van der Waals surface area contributed by atoms with Crippen LogP contribution in [0.5, 0.6) is 0 Å². The molecule has 0 spiro atoms. The number of nitrogens with zero attached hydrogens (tertiary/aromatic N) is 1. The highest BCUT2D eigenvalue weighted by Crippen LogP contribution is 2.22. The lowest BCUT2D eigenvalue weighted by Crippen LogP contribution is -2.33. The van der Waals surface area contributed by atoms with Gasteiger partial charge >= 0.3 is 6.03 Å². The minimum Gasteiger partial charge on any atom is -0.399 e. The summed E-state index contributed by atoms with van der Waals surface area (Å²) in [6, 6.07) is 6.92. The third-order valence-electron chi connectivity index (χ3n) is 2.51. The van der Waals surface area contributed by atoms with E-state index < -0.39 is 6.03 Å². The largest absolute Gasteiger partial charge is 0.399 e. The Morgan fingerprint density at radius 3 is 2.89 bits per heavy atom. The number of primary amides is 1. The molecule has 0 saturated carbocycles. The number of amides is 2. The van der Waals surface area contributed by atoms with E-state index in [-0.39, 0.29) is 0 Å². The highest BCUT2D eigenvalue weighted by atomic mass is 16.2. The van der Waals surface area contributed by atoms with Crippen LogP contribution in [0.1, 0.15) is 0 Å². The van der Waals surface area contributed by atoms with Gasteiger partial charge in [-0.15, -0.1) is 0 Å². The summed E-state index contributed by atoms with van der Waals surface area (Å²) in [5.41, 5.74) is 13.2. The molecular formula is C12H15N5O. The van der Waals surface area contributed by atoms with E-state index in [4.69, 9.17) is 11.5 Å². The SMILES string of the molecule is NC(=O)NCCNc1ccnc2cc(N)ccc12. The average Bonchev–Trinajstić information content (AvgIpc) is 2.34. The lowest BCUT2D eigenvalue weighted by molar-refractivity contribution is 0.249. The molecule has 2 amide bonds. The Morgan fingerprint density at radius 1 is 1.28 bits per heavy atom. The highest BCUT2D eigenvalue weighted by Gasteiger charge is 2.01. The van der Waals surface area contributed by atoms with E-state index in [0.29, 0.717) is 18.8 Å². The van der Waals surface area contributed by atoms with Crippen molar-refractivity contribution in [3.8, 4) is 0 Å². The van der Waals surface area contributed by atoms with Gasteiger partial charge in [0.05, 0.1) is 5.52 Å². The molecule has 6 N–H and O–H groups in total. The summed E-state index contributed by atoms with van der Waals surface area (Å²) in [5, 5.41) is 6.72. The average molecular weight is 245 g/mol. The van der Waals surface area contributed by atoms with Crippen molar-refractivity contribution in [2.75, 3.05) is 24.1 Å². The lowest BCUT2D eigenvalue weighted by atomic mass is 10.1. The van der Waals surface area contributed by atoms with Gasteiger partial charge in [0.2, 0.25) is 0 Å². The second-order valence-corrected chi connectivity index (χ2v) is 3.85. The van der Waals surface area contributed by atoms with Crippen molar-refractivity contribution in [1.29, 1.82) is 0 Å². The molecule has 0 bridgehead atoms. The van der Waals surface area contributed by atoms with E-state index in [1.54, 1.807) is 6.20 Å². The Morgan fingerprint density at radius 2 is 2.11 bits per heavy atom. The summed E-state index contributed by atoms with van der Waals surface area (Å²) in [6.45, 7) is 1.06. The molecule has 0 atom stereocenters. The van der Waals surface area contributed by atoms with Gasteiger partial charge in [-0.3, -0.25) is 4.98 Å². The highest BCUT2D eigenvalue weighted by molar-refractivity contribution is 5.92. The van der Waals surface area contributed by atoms with Gasteiger partial charge in [0, 0.05) is 36.0 Å². The number of anilines is 2. The quantitative estimate of drug-likeness (QED) is 0.474. The number of pyridine rings is 1. The monoisotopic (exact) mass is 245 g/mol. The second-order valence-electron chi connectivity index (χ2n) is 3.85. The molecule has 0 radical (unpaired) electrons. The van der Waals surface area contributed by atoms with Gasteiger partial charge in [-0.05, 0) is 24.3 Å². The van der Waals surface area contributed by atoms with Crippen LogP contribution < -0.4 is 22.1 Å². The normalized spacial score (nSPS) is 10.2. The topological polar surface area (TPSA) is 106 Å². The number of nitrogens with two attached hydrogens (primary N) is 2. The number of carbonyl (C=O) groups excluding carboxylic acids is 1. The zero-order chi connectivity index (χ0) is 13.0. The van der Waals surface area contributed by atoms with Crippen LogP contribution in [-0.2, 0) is 0 Å². The van der Waals surface area contributed by atoms with Gasteiger partial charge in [-0.1, -0.05) is 0 Å². The first kappa shape index (κ1) is 12.0. The van der Waals surface area contributed by atoms with Crippen LogP contribution in [0.25, 0.3) is 10.9 Å². The maximum Gasteiger partial charge on any atom is 0.312 e. The van der Waals surface area contributed by atoms with E-state index in [0.717, 1.165) is 16.6 Å². The van der Waals surface area contributed by atoms with Crippen LogP contribution in [0.2, 0.25) is 0 Å². The second kappa shape index (κ2) is 5.22. The summed E-state index contributed by atoms with van der Waals surface area (Å²) in [6.07, 6.45) is 1.71. The van der Waals surface area contributed by atoms with Gasteiger partial charge in [0.15, 0.2) is 0 Å². The molecular weight excluding hydrogens is 230 g/mol. The maximum absolute atomic E-state index is 10.5. The van der Waals surface area contributed by atoms with Crippen LogP contribution in [0.15, 0.2) is 30.5 Å². The summed E-state index contributed by atoms with van der Waals surface area (Å²) in [7, 11) is 0. The number of nitrogens with one attached hydrogen (secondary N) is 2. The Bertz CT molecular complexity index is 569. The van der Waals surface area contributed by atoms with Crippen molar-refractivity contribution in [2.24, 2.45) is 5.73 Å². The van der Waals surface area contributed by atoms with Crippen molar-refractivity contribution in [1.82, 2.24) is 10.3 Å². The number of urea groups is 1. The van der Waals surface area contributed by atoms with Crippen molar-refractivity contribution >= 4 is 28.3 Å². The first-order valence-electron chi connectivity index (χ1n) is 5.58. The lowest BCUT2D eigenvalue weighted by Gasteiger charge is -2.09. The van der Waals surface area contributed by atoms with Crippen molar-refractivity contribution in [3.63, 3.8) is 0 Å². The molecule has 0 fully saturated rings. The number of fused-ring (bicyclic) bond motifs is 1. The fourth-order valence-corrected chi connectivity index (χ4v) is 1.70. The molecule has 0 unspecified atom stereocenters. The summed E-state index contributed by atoms with van der Waals surface area (Å²) in [4.78, 5) is 14.8. The number of carbonyl (C=O) groups is 1. The van der Waals surface area contributed by atoms with E-state index in [1.165, 1.54) is 0 Å². The molecule has 0 aliphatic rings. The molecule has 1 heterocycles. The van der Waals surface area contributed by atoms with Crippen LogP contribution in [-0.4, -0.2) is 24.1 Å². The molecule has 1 aromatic carbocycles. The van der Waals surface area contributed by atoms with Crippen molar-refractivity contribution in [3.05, 3.63) is 30.5 Å². The predicted molar refractivity (Wildman–Crippen MR) is 72.2 cm³/mol. The minimum atomic E-state index is -0.524. The first-order valence-corrected chi connectivity index (χ1v) is 5.58. The molecule has 6 heteroatoms. The zero-order valence-electron chi connectivity index (χ0n) is 9.81. The Hall–Kier alpha value is -2.50. The zero-order valence-corrected chi connectivity index (χ0v) is 9.81. The Labute approximate surface area is 104 Å². The number of nitrogen functional groups attached to an aromatic ring is 1. The van der Waals surface area contributed by atoms with Gasteiger partial charge in [0.25, 0.3) is 0 Å². The number of hydrogen-bond acceptors (Lipinski definition) is 4. The van der Waals surface area contributed by atoms with Crippen LogP contribution in [0.4, 0.5) is 16.2 Å². The summed E-state index contributed by atoms with van der Waals surface area (Å²) < 4.78 is 0. The van der Waals surface area contributed by atoms with E-state index >= 15 is 0 Å². The fraction of sp³-hybridized carbons (Fsp3) is 0.167. The van der Waals surface area contributed by atoms with Gasteiger partial charge in [-0.25, -0.2) is 4.79 Å². The van der Waals surface area contributed by atoms with Crippen molar-refractivity contribution < 1.29 is 4.79 Å². The summed E-state index contributed by atoms with van der Waals surface area (Å²) in [5.74, 6) is 0. The van der Waals surface area contributed by atoms with E-state index in [9.17, 15) is 4.79 Å². The fourth-order valence-electron chi connectivity index (χ4n) is 1.70. The Balaban J connectivity index is 2.11. The standard InChI is InChI=1S/C12H15N5O/c13-8-1-2-9-10(3-4-15-11(9)7-8)16-5-6-17-12(14)18/h1-4,7H,5-6,13H2,(H,15,16)(H3,14,17,18). The third kappa shape index (κ3) is 2.79. The molecule has 0 saturated heterocycles. The first-order chi connectivity index (χ1) is 8.66. The number of hydrogen-bond donors (Lipinski definition) is 4. The molecule has 94 valence electrons. The predicted octanol–water partition coefficient (Wildman–Crippen LogP) is 0.897. The minimum absolute atomic E-state index is 0.466. The van der Waals surface area contributed by atoms with Crippen LogP contribution in [0, 0.1) is 0 Å². The number of aromatic nitrogens is 1. The molecule has 18 heavy (non-hydrogen) atoms. The molecule has 2 aromatic rings. The Kier molecular flexibility index (Phi) is 3.47. The van der Waals surface area contributed by atoms with E-state index in [1.807, 2.05) is 24.3 Å². The number of benzene rings is 1.